The van der Waals surface area contributed by atoms with E-state index in [0.29, 0.717) is 18.4 Å². The van der Waals surface area contributed by atoms with E-state index in [1.165, 1.54) is 5.56 Å². The molecule has 1 aromatic carbocycles. The lowest BCUT2D eigenvalue weighted by Gasteiger charge is -2.22. The predicted octanol–water partition coefficient (Wildman–Crippen LogP) is 2.45. The van der Waals surface area contributed by atoms with Crippen LogP contribution in [0.5, 0.6) is 0 Å². The number of carbonyl (C=O) groups is 1. The maximum Gasteiger partial charge on any atom is 0.223 e. The van der Waals surface area contributed by atoms with Crippen molar-refractivity contribution in [3.05, 3.63) is 35.9 Å². The van der Waals surface area contributed by atoms with Gasteiger partial charge in [-0.25, -0.2) is 0 Å². The van der Waals surface area contributed by atoms with Gasteiger partial charge in [0.05, 0.1) is 6.10 Å². The Kier molecular flexibility index (Phi) is 12.2. The molecule has 31 heavy (non-hydrogen) atoms. The van der Waals surface area contributed by atoms with Crippen LogP contribution in [-0.2, 0) is 20.7 Å². The summed E-state index contributed by atoms with van der Waals surface area (Å²) in [6.07, 6.45) is 4.80. The zero-order valence-corrected chi connectivity index (χ0v) is 20.9. The Balaban J connectivity index is 0.00000341. The lowest BCUT2D eigenvalue weighted by atomic mass is 10.1. The number of guanidine groups is 1. The molecule has 0 aliphatic carbocycles. The molecule has 0 spiro atoms. The molecular formula is C23H37IN4O3. The van der Waals surface area contributed by atoms with Crippen molar-refractivity contribution in [3.63, 3.8) is 0 Å². The molecule has 1 aromatic rings. The summed E-state index contributed by atoms with van der Waals surface area (Å²) in [5, 5.41) is 6.71. The molecule has 8 heteroatoms. The number of ether oxygens (including phenoxy) is 2. The van der Waals surface area contributed by atoms with Crippen molar-refractivity contribution in [2.45, 2.75) is 38.2 Å². The zero-order valence-electron chi connectivity index (χ0n) is 18.6. The van der Waals surface area contributed by atoms with E-state index in [0.717, 1.165) is 77.6 Å². The molecule has 3 rings (SSSR count). The predicted molar refractivity (Wildman–Crippen MR) is 134 cm³/mol. The van der Waals surface area contributed by atoms with E-state index in [4.69, 9.17) is 9.47 Å². The van der Waals surface area contributed by atoms with Crippen molar-refractivity contribution in [2.75, 3.05) is 53.0 Å². The van der Waals surface area contributed by atoms with E-state index in [1.807, 2.05) is 23.1 Å². The SMILES string of the molecule is CN=C(NCCCOC1CCOCC1)NCC1CC(=O)N(CCc2ccccc2)C1.I. The number of halogens is 1. The quantitative estimate of drug-likeness (QED) is 0.205. The summed E-state index contributed by atoms with van der Waals surface area (Å²) in [6.45, 7) is 5.55. The number of hydrogen-bond donors (Lipinski definition) is 2. The summed E-state index contributed by atoms with van der Waals surface area (Å²) in [6, 6.07) is 10.3. The summed E-state index contributed by atoms with van der Waals surface area (Å²) >= 11 is 0. The Hall–Kier alpha value is -1.39. The molecule has 7 nitrogen and oxygen atoms in total. The molecule has 1 amide bonds. The fourth-order valence-electron chi connectivity index (χ4n) is 3.95. The van der Waals surface area contributed by atoms with Crippen LogP contribution < -0.4 is 10.6 Å². The number of benzene rings is 1. The van der Waals surface area contributed by atoms with Gasteiger partial charge in [-0.3, -0.25) is 9.79 Å². The maximum atomic E-state index is 12.3. The number of nitrogens with one attached hydrogen (secondary N) is 2. The van der Waals surface area contributed by atoms with Crippen molar-refractivity contribution in [1.29, 1.82) is 0 Å². The van der Waals surface area contributed by atoms with E-state index in [2.05, 4.69) is 27.8 Å². The largest absolute Gasteiger partial charge is 0.381 e. The monoisotopic (exact) mass is 544 g/mol. The van der Waals surface area contributed by atoms with Gasteiger partial charge in [0.2, 0.25) is 5.91 Å². The number of amides is 1. The van der Waals surface area contributed by atoms with Gasteiger partial charge in [0.1, 0.15) is 0 Å². The van der Waals surface area contributed by atoms with Crippen LogP contribution >= 0.6 is 24.0 Å². The topological polar surface area (TPSA) is 75.2 Å². The molecule has 0 aromatic heterocycles. The molecule has 174 valence electrons. The number of nitrogens with zero attached hydrogens (tertiary/aromatic N) is 2. The highest BCUT2D eigenvalue weighted by molar-refractivity contribution is 14.0. The molecule has 0 radical (unpaired) electrons. The van der Waals surface area contributed by atoms with E-state index in [-0.39, 0.29) is 29.9 Å². The van der Waals surface area contributed by atoms with Gasteiger partial charge < -0.3 is 25.0 Å². The number of carbonyl (C=O) groups excluding carboxylic acids is 1. The van der Waals surface area contributed by atoms with E-state index in [9.17, 15) is 4.79 Å². The first-order chi connectivity index (χ1) is 14.7. The molecule has 2 N–H and O–H groups in total. The van der Waals surface area contributed by atoms with Crippen LogP contribution in [0.4, 0.5) is 0 Å². The first-order valence-corrected chi connectivity index (χ1v) is 11.2. The molecule has 2 heterocycles. The molecule has 2 fully saturated rings. The van der Waals surface area contributed by atoms with Crippen LogP contribution in [0.2, 0.25) is 0 Å². The van der Waals surface area contributed by atoms with Crippen LogP contribution in [0.3, 0.4) is 0 Å². The van der Waals surface area contributed by atoms with E-state index in [1.54, 1.807) is 7.05 Å². The lowest BCUT2D eigenvalue weighted by molar-refractivity contribution is -0.127. The highest BCUT2D eigenvalue weighted by Crippen LogP contribution is 2.17. The minimum atomic E-state index is 0. The van der Waals surface area contributed by atoms with Crippen molar-refractivity contribution >= 4 is 35.8 Å². The maximum absolute atomic E-state index is 12.3. The third-order valence-corrected chi connectivity index (χ3v) is 5.73. The Morgan fingerprint density at radius 2 is 2.00 bits per heavy atom. The van der Waals surface area contributed by atoms with Gasteiger partial charge >= 0.3 is 0 Å². The Labute approximate surface area is 203 Å². The molecule has 2 aliphatic heterocycles. The fourth-order valence-corrected chi connectivity index (χ4v) is 3.95. The Morgan fingerprint density at radius 1 is 1.23 bits per heavy atom. The molecular weight excluding hydrogens is 507 g/mol. The van der Waals surface area contributed by atoms with Crippen LogP contribution in [0.25, 0.3) is 0 Å². The summed E-state index contributed by atoms with van der Waals surface area (Å²) in [7, 11) is 1.78. The smallest absolute Gasteiger partial charge is 0.223 e. The third kappa shape index (κ3) is 9.33. The van der Waals surface area contributed by atoms with Crippen molar-refractivity contribution < 1.29 is 14.3 Å². The fraction of sp³-hybridized carbons (Fsp3) is 0.652. The van der Waals surface area contributed by atoms with Crippen LogP contribution in [0.15, 0.2) is 35.3 Å². The highest BCUT2D eigenvalue weighted by atomic mass is 127. The average molecular weight is 544 g/mol. The summed E-state index contributed by atoms with van der Waals surface area (Å²) in [4.78, 5) is 18.6. The number of aliphatic imine (C=N–C) groups is 1. The third-order valence-electron chi connectivity index (χ3n) is 5.73. The molecule has 2 saturated heterocycles. The van der Waals surface area contributed by atoms with Gasteiger partial charge in [-0.05, 0) is 31.2 Å². The van der Waals surface area contributed by atoms with Gasteiger partial charge in [-0.2, -0.15) is 0 Å². The number of rotatable bonds is 10. The highest BCUT2D eigenvalue weighted by Gasteiger charge is 2.29. The second-order valence-electron chi connectivity index (χ2n) is 8.06. The van der Waals surface area contributed by atoms with Crippen LogP contribution in [0.1, 0.15) is 31.2 Å². The van der Waals surface area contributed by atoms with Gasteiger partial charge in [0, 0.05) is 65.4 Å². The van der Waals surface area contributed by atoms with E-state index >= 15 is 0 Å². The minimum Gasteiger partial charge on any atom is -0.381 e. The van der Waals surface area contributed by atoms with Crippen LogP contribution in [-0.4, -0.2) is 75.9 Å². The lowest BCUT2D eigenvalue weighted by Crippen LogP contribution is -2.41. The molecule has 1 atom stereocenters. The van der Waals surface area contributed by atoms with Gasteiger partial charge in [0.25, 0.3) is 0 Å². The van der Waals surface area contributed by atoms with Gasteiger partial charge in [-0.15, -0.1) is 24.0 Å². The summed E-state index contributed by atoms with van der Waals surface area (Å²) < 4.78 is 11.2. The molecule has 1 unspecified atom stereocenters. The minimum absolute atomic E-state index is 0. The Bertz CT molecular complexity index is 668. The normalized spacial score (nSPS) is 19.9. The molecule has 0 saturated carbocycles. The first kappa shape index (κ1) is 25.9. The first-order valence-electron chi connectivity index (χ1n) is 11.2. The average Bonchev–Trinajstić information content (AvgIpc) is 3.15. The van der Waals surface area contributed by atoms with Gasteiger partial charge in [0.15, 0.2) is 5.96 Å². The number of hydrogen-bond acceptors (Lipinski definition) is 4. The second kappa shape index (κ2) is 14.6. The number of likely N-dealkylation sites (tertiary alicyclic amines) is 1. The van der Waals surface area contributed by atoms with Crippen LogP contribution in [0, 0.1) is 5.92 Å². The summed E-state index contributed by atoms with van der Waals surface area (Å²) in [5.41, 5.74) is 1.28. The molecule has 0 bridgehead atoms. The molecule has 2 aliphatic rings. The standard InChI is InChI=1S/C23H36N4O3.HI/c1-24-23(25-11-5-13-30-21-9-14-29-15-10-21)26-17-20-16-22(28)27(18-20)12-8-19-6-3-2-4-7-19;/h2-4,6-7,20-21H,5,8-18H2,1H3,(H2,24,25,26);1H. The zero-order chi connectivity index (χ0) is 21.0. The van der Waals surface area contributed by atoms with Crippen molar-refractivity contribution in [2.24, 2.45) is 10.9 Å². The van der Waals surface area contributed by atoms with Crippen molar-refractivity contribution in [1.82, 2.24) is 15.5 Å². The van der Waals surface area contributed by atoms with Crippen molar-refractivity contribution in [3.8, 4) is 0 Å². The van der Waals surface area contributed by atoms with Gasteiger partial charge in [-0.1, -0.05) is 30.3 Å². The summed E-state index contributed by atoms with van der Waals surface area (Å²) in [5.74, 6) is 1.37. The van der Waals surface area contributed by atoms with E-state index < -0.39 is 0 Å². The Morgan fingerprint density at radius 3 is 2.74 bits per heavy atom. The second-order valence-corrected chi connectivity index (χ2v) is 8.06.